The lowest BCUT2D eigenvalue weighted by molar-refractivity contribution is 0.107. The summed E-state index contributed by atoms with van der Waals surface area (Å²) >= 11 is 23.8. The van der Waals surface area contributed by atoms with Gasteiger partial charge < -0.3 is 4.74 Å². The van der Waals surface area contributed by atoms with Crippen LogP contribution in [-0.4, -0.2) is 0 Å². The van der Waals surface area contributed by atoms with E-state index in [1.165, 1.54) is 0 Å². The van der Waals surface area contributed by atoms with Crippen LogP contribution in [0.3, 0.4) is 0 Å². The molecule has 0 aliphatic carbocycles. The molecule has 2 rings (SSSR count). The van der Waals surface area contributed by atoms with Crippen LogP contribution < -0.4 is 0 Å². The van der Waals surface area contributed by atoms with Crippen LogP contribution in [0.5, 0.6) is 0 Å². The van der Waals surface area contributed by atoms with Gasteiger partial charge in [0.05, 0.1) is 13.2 Å². The molecule has 2 aromatic rings. The van der Waals surface area contributed by atoms with E-state index in [9.17, 15) is 0 Å². The van der Waals surface area contributed by atoms with E-state index in [1.807, 2.05) is 12.1 Å². The maximum absolute atomic E-state index is 6.06. The Morgan fingerprint density at radius 2 is 1.11 bits per heavy atom. The quantitative estimate of drug-likeness (QED) is 0.664. The maximum atomic E-state index is 6.06. The standard InChI is InChI=1S/C14H10Cl4O/c15-11-3-1-9(13(17)5-11)7-19-8-10-2-4-12(16)6-14(10)18/h1-6H,7-8H2. The van der Waals surface area contributed by atoms with Crippen molar-refractivity contribution in [1.82, 2.24) is 0 Å². The third kappa shape index (κ3) is 4.27. The lowest BCUT2D eigenvalue weighted by Gasteiger charge is -2.08. The highest BCUT2D eigenvalue weighted by Gasteiger charge is 2.04. The molecule has 0 fully saturated rings. The van der Waals surface area contributed by atoms with Gasteiger partial charge in [-0.1, -0.05) is 58.5 Å². The zero-order valence-corrected chi connectivity index (χ0v) is 12.8. The van der Waals surface area contributed by atoms with Gasteiger partial charge in [-0.15, -0.1) is 0 Å². The average molecular weight is 336 g/mol. The molecule has 0 radical (unpaired) electrons. The number of rotatable bonds is 4. The third-order valence-electron chi connectivity index (χ3n) is 2.55. The summed E-state index contributed by atoms with van der Waals surface area (Å²) in [5.41, 5.74) is 1.77. The molecule has 0 unspecified atom stereocenters. The van der Waals surface area contributed by atoms with Crippen LogP contribution in [0.1, 0.15) is 11.1 Å². The van der Waals surface area contributed by atoms with Gasteiger partial charge in [0.25, 0.3) is 0 Å². The van der Waals surface area contributed by atoms with E-state index in [0.29, 0.717) is 33.3 Å². The minimum Gasteiger partial charge on any atom is -0.372 e. The number of hydrogen-bond donors (Lipinski definition) is 0. The number of benzene rings is 2. The predicted octanol–water partition coefficient (Wildman–Crippen LogP) is 6.02. The highest BCUT2D eigenvalue weighted by atomic mass is 35.5. The van der Waals surface area contributed by atoms with Crippen LogP contribution in [0.15, 0.2) is 36.4 Å². The van der Waals surface area contributed by atoms with E-state index in [-0.39, 0.29) is 0 Å². The van der Waals surface area contributed by atoms with Crippen molar-refractivity contribution < 1.29 is 4.74 Å². The minimum atomic E-state index is 0.398. The molecular weight excluding hydrogens is 326 g/mol. The number of ether oxygens (including phenoxy) is 1. The van der Waals surface area contributed by atoms with Crippen molar-refractivity contribution in [2.45, 2.75) is 13.2 Å². The summed E-state index contributed by atoms with van der Waals surface area (Å²) in [5.74, 6) is 0. The van der Waals surface area contributed by atoms with Gasteiger partial charge in [-0.25, -0.2) is 0 Å². The molecule has 0 amide bonds. The average Bonchev–Trinajstić information content (AvgIpc) is 2.34. The summed E-state index contributed by atoms with van der Waals surface area (Å²) in [6.07, 6.45) is 0. The summed E-state index contributed by atoms with van der Waals surface area (Å²) in [6, 6.07) is 10.6. The Morgan fingerprint density at radius 1 is 0.684 bits per heavy atom. The van der Waals surface area contributed by atoms with Gasteiger partial charge in [0, 0.05) is 20.1 Å². The van der Waals surface area contributed by atoms with Crippen LogP contribution in [0, 0.1) is 0 Å². The molecule has 2 aromatic carbocycles. The molecule has 0 aliphatic heterocycles. The predicted molar refractivity (Wildman–Crippen MR) is 81.4 cm³/mol. The first-order chi connectivity index (χ1) is 9.06. The lowest BCUT2D eigenvalue weighted by Crippen LogP contribution is -1.95. The fraction of sp³-hybridized carbons (Fsp3) is 0.143. The van der Waals surface area contributed by atoms with Gasteiger partial charge in [0.2, 0.25) is 0 Å². The monoisotopic (exact) mass is 334 g/mol. The van der Waals surface area contributed by atoms with E-state index in [0.717, 1.165) is 11.1 Å². The van der Waals surface area contributed by atoms with Gasteiger partial charge in [0.1, 0.15) is 0 Å². The molecule has 0 spiro atoms. The molecule has 0 aromatic heterocycles. The van der Waals surface area contributed by atoms with E-state index in [2.05, 4.69) is 0 Å². The maximum Gasteiger partial charge on any atom is 0.0735 e. The SMILES string of the molecule is Clc1ccc(COCc2ccc(Cl)cc2Cl)c(Cl)c1. The van der Waals surface area contributed by atoms with Crippen molar-refractivity contribution in [2.75, 3.05) is 0 Å². The van der Waals surface area contributed by atoms with Crippen molar-refractivity contribution in [3.63, 3.8) is 0 Å². The molecule has 0 saturated heterocycles. The molecule has 19 heavy (non-hydrogen) atoms. The fourth-order valence-corrected chi connectivity index (χ4v) is 2.47. The summed E-state index contributed by atoms with van der Waals surface area (Å²) < 4.78 is 5.59. The summed E-state index contributed by atoms with van der Waals surface area (Å²) in [5, 5.41) is 2.40. The first-order valence-corrected chi connectivity index (χ1v) is 7.03. The summed E-state index contributed by atoms with van der Waals surface area (Å²) in [7, 11) is 0. The first kappa shape index (κ1) is 15.0. The van der Waals surface area contributed by atoms with E-state index < -0.39 is 0 Å². The number of hydrogen-bond acceptors (Lipinski definition) is 1. The van der Waals surface area contributed by atoms with Crippen LogP contribution >= 0.6 is 46.4 Å². The topological polar surface area (TPSA) is 9.23 Å². The second-order valence-corrected chi connectivity index (χ2v) is 5.65. The van der Waals surface area contributed by atoms with Crippen molar-refractivity contribution >= 4 is 46.4 Å². The smallest absolute Gasteiger partial charge is 0.0735 e. The Kier molecular flexibility index (Phi) is 5.37. The van der Waals surface area contributed by atoms with E-state index in [4.69, 9.17) is 51.1 Å². The highest BCUT2D eigenvalue weighted by Crippen LogP contribution is 2.24. The second-order valence-electron chi connectivity index (χ2n) is 3.96. The molecule has 0 saturated carbocycles. The zero-order chi connectivity index (χ0) is 13.8. The van der Waals surface area contributed by atoms with Gasteiger partial charge in [-0.2, -0.15) is 0 Å². The molecule has 0 heterocycles. The Bertz CT molecular complexity index is 532. The zero-order valence-electron chi connectivity index (χ0n) is 9.80. The first-order valence-electron chi connectivity index (χ1n) is 5.52. The Labute approximate surface area is 132 Å². The molecule has 0 bridgehead atoms. The van der Waals surface area contributed by atoms with Crippen LogP contribution in [-0.2, 0) is 18.0 Å². The molecule has 100 valence electrons. The second kappa shape index (κ2) is 6.83. The van der Waals surface area contributed by atoms with Crippen LogP contribution in [0.25, 0.3) is 0 Å². The fourth-order valence-electron chi connectivity index (χ4n) is 1.55. The largest absolute Gasteiger partial charge is 0.372 e. The van der Waals surface area contributed by atoms with Crippen LogP contribution in [0.4, 0.5) is 0 Å². The third-order valence-corrected chi connectivity index (χ3v) is 3.72. The number of halogens is 4. The molecule has 0 atom stereocenters. The summed E-state index contributed by atoms with van der Waals surface area (Å²) in [6.45, 7) is 0.796. The normalized spacial score (nSPS) is 10.7. The van der Waals surface area contributed by atoms with Crippen molar-refractivity contribution in [2.24, 2.45) is 0 Å². The van der Waals surface area contributed by atoms with Gasteiger partial charge in [-0.3, -0.25) is 0 Å². The Balaban J connectivity index is 1.96. The van der Waals surface area contributed by atoms with E-state index in [1.54, 1.807) is 24.3 Å². The van der Waals surface area contributed by atoms with Gasteiger partial charge >= 0.3 is 0 Å². The van der Waals surface area contributed by atoms with Crippen molar-refractivity contribution in [3.05, 3.63) is 67.6 Å². The van der Waals surface area contributed by atoms with Gasteiger partial charge in [0.15, 0.2) is 0 Å². The summed E-state index contributed by atoms with van der Waals surface area (Å²) in [4.78, 5) is 0. The van der Waals surface area contributed by atoms with Gasteiger partial charge in [-0.05, 0) is 35.4 Å². The van der Waals surface area contributed by atoms with Crippen molar-refractivity contribution in [1.29, 1.82) is 0 Å². The molecule has 0 N–H and O–H groups in total. The molecule has 5 heteroatoms. The van der Waals surface area contributed by atoms with Crippen molar-refractivity contribution in [3.8, 4) is 0 Å². The molecule has 0 aliphatic rings. The molecule has 1 nitrogen and oxygen atoms in total. The molecular formula is C14H10Cl4O. The van der Waals surface area contributed by atoms with E-state index >= 15 is 0 Å². The van der Waals surface area contributed by atoms with Crippen LogP contribution in [0.2, 0.25) is 20.1 Å². The lowest BCUT2D eigenvalue weighted by atomic mass is 10.2. The highest BCUT2D eigenvalue weighted by molar-refractivity contribution is 6.35. The Morgan fingerprint density at radius 3 is 1.47 bits per heavy atom. The Hall–Kier alpha value is -0.440. The minimum absolute atomic E-state index is 0.398.